The van der Waals surface area contributed by atoms with Crippen molar-refractivity contribution in [2.75, 3.05) is 17.7 Å². The van der Waals surface area contributed by atoms with Gasteiger partial charge in [0.1, 0.15) is 0 Å². The maximum atomic E-state index is 10.6. The van der Waals surface area contributed by atoms with Gasteiger partial charge in [0.15, 0.2) is 0 Å². The number of unbranched alkanes of at least 4 members (excludes halogenated alkanes) is 2. The van der Waals surface area contributed by atoms with E-state index in [1.807, 2.05) is 55.7 Å². The second kappa shape index (κ2) is 9.94. The summed E-state index contributed by atoms with van der Waals surface area (Å²) in [4.78, 5) is 18.2. The van der Waals surface area contributed by atoms with Gasteiger partial charge in [-0.1, -0.05) is 30.7 Å². The van der Waals surface area contributed by atoms with Crippen LogP contribution in [-0.2, 0) is 4.79 Å². The van der Waals surface area contributed by atoms with E-state index in [0.717, 1.165) is 52.1 Å². The molecule has 0 aliphatic rings. The predicted octanol–water partition coefficient (Wildman–Crippen LogP) is 5.61. The van der Waals surface area contributed by atoms with Crippen LogP contribution >= 0.6 is 11.8 Å². The maximum absolute atomic E-state index is 10.6. The number of hydrogen-bond donors (Lipinski definition) is 1. The minimum atomic E-state index is -0.731. The van der Waals surface area contributed by atoms with Gasteiger partial charge >= 0.3 is 5.97 Å². The molecule has 29 heavy (non-hydrogen) atoms. The van der Waals surface area contributed by atoms with E-state index in [1.54, 1.807) is 18.0 Å². The third-order valence-corrected chi connectivity index (χ3v) is 5.95. The molecule has 0 spiro atoms. The topological polar surface area (TPSA) is 77.2 Å². The number of nitrogens with zero attached hydrogens (tertiary/aromatic N) is 3. The largest absolute Gasteiger partial charge is 0.481 e. The molecule has 0 amide bonds. The van der Waals surface area contributed by atoms with Crippen LogP contribution in [0.1, 0.15) is 31.2 Å². The lowest BCUT2D eigenvalue weighted by atomic mass is 10.0. The lowest BCUT2D eigenvalue weighted by molar-refractivity contribution is -0.137. The highest BCUT2D eigenvalue weighted by Crippen LogP contribution is 2.37. The van der Waals surface area contributed by atoms with Crippen LogP contribution in [0.25, 0.3) is 10.8 Å². The van der Waals surface area contributed by atoms with Crippen molar-refractivity contribution in [3.63, 3.8) is 0 Å². The van der Waals surface area contributed by atoms with E-state index in [4.69, 9.17) is 5.11 Å². The Balaban J connectivity index is 1.79. The molecule has 0 radical (unpaired) electrons. The van der Waals surface area contributed by atoms with Gasteiger partial charge in [-0.25, -0.2) is 0 Å². The molecule has 2 aromatic carbocycles. The number of nitriles is 1. The zero-order valence-corrected chi connectivity index (χ0v) is 17.2. The smallest absolute Gasteiger partial charge is 0.303 e. The van der Waals surface area contributed by atoms with Crippen molar-refractivity contribution in [3.8, 4) is 6.07 Å². The number of carbonyl (C=O) groups is 1. The molecule has 1 N–H and O–H groups in total. The van der Waals surface area contributed by atoms with Gasteiger partial charge < -0.3 is 10.0 Å². The van der Waals surface area contributed by atoms with E-state index < -0.39 is 5.97 Å². The summed E-state index contributed by atoms with van der Waals surface area (Å²) in [5, 5.41) is 20.1. The van der Waals surface area contributed by atoms with Crippen molar-refractivity contribution >= 4 is 39.9 Å². The quantitative estimate of drug-likeness (QED) is 0.368. The van der Waals surface area contributed by atoms with Crippen molar-refractivity contribution < 1.29 is 9.90 Å². The first-order valence-electron chi connectivity index (χ1n) is 9.56. The van der Waals surface area contributed by atoms with Crippen molar-refractivity contribution in [2.24, 2.45) is 0 Å². The molecule has 0 aliphatic carbocycles. The van der Waals surface area contributed by atoms with Gasteiger partial charge in [0.25, 0.3) is 0 Å². The number of carboxylic acid groups (broad SMARTS) is 1. The summed E-state index contributed by atoms with van der Waals surface area (Å²) in [6.45, 7) is 0. The molecule has 0 atom stereocenters. The average molecular weight is 406 g/mol. The number of carboxylic acids is 1. The Kier molecular flexibility index (Phi) is 7.09. The summed E-state index contributed by atoms with van der Waals surface area (Å²) in [6.07, 6.45) is 6.50. The van der Waals surface area contributed by atoms with Gasteiger partial charge in [-0.2, -0.15) is 5.26 Å². The number of rotatable bonds is 9. The Morgan fingerprint density at radius 2 is 1.90 bits per heavy atom. The Labute approximate surface area is 175 Å². The third-order valence-electron chi connectivity index (χ3n) is 4.80. The SMILES string of the molecule is CN(c1cnccc1SCCCCCC(=O)O)c1ccc(C#N)c2ccccc12. The van der Waals surface area contributed by atoms with Gasteiger partial charge in [-0.3, -0.25) is 9.78 Å². The highest BCUT2D eigenvalue weighted by atomic mass is 32.2. The van der Waals surface area contributed by atoms with Crippen molar-refractivity contribution in [1.82, 2.24) is 4.98 Å². The predicted molar refractivity (Wildman–Crippen MR) is 118 cm³/mol. The van der Waals surface area contributed by atoms with E-state index in [1.165, 1.54) is 0 Å². The lowest BCUT2D eigenvalue weighted by Gasteiger charge is -2.23. The highest BCUT2D eigenvalue weighted by molar-refractivity contribution is 7.99. The van der Waals surface area contributed by atoms with Crippen LogP contribution < -0.4 is 4.90 Å². The molecule has 0 saturated heterocycles. The molecule has 148 valence electrons. The van der Waals surface area contributed by atoms with Crippen LogP contribution in [0.4, 0.5) is 11.4 Å². The summed E-state index contributed by atoms with van der Waals surface area (Å²) >= 11 is 1.76. The first-order valence-corrected chi connectivity index (χ1v) is 10.5. The zero-order chi connectivity index (χ0) is 20.6. The number of aromatic nitrogens is 1. The number of anilines is 2. The summed E-state index contributed by atoms with van der Waals surface area (Å²) in [5.74, 6) is 0.198. The van der Waals surface area contributed by atoms with Gasteiger partial charge in [0, 0.05) is 41.0 Å². The standard InChI is InChI=1S/C23H23N3O2S/c1-26(20-11-10-17(15-24)18-7-4-5-8-19(18)20)21-16-25-13-12-22(21)29-14-6-2-3-9-23(27)28/h4-5,7-8,10-13,16H,2-3,6,9,14H2,1H3,(H,27,28). The Hall–Kier alpha value is -3.04. The fourth-order valence-electron chi connectivity index (χ4n) is 3.29. The van der Waals surface area contributed by atoms with Crippen LogP contribution in [0.2, 0.25) is 0 Å². The molecule has 0 saturated carbocycles. The van der Waals surface area contributed by atoms with E-state index in [9.17, 15) is 10.1 Å². The molecular weight excluding hydrogens is 382 g/mol. The third kappa shape index (κ3) is 5.07. The average Bonchev–Trinajstić information content (AvgIpc) is 2.75. The molecular formula is C23H23N3O2S. The maximum Gasteiger partial charge on any atom is 0.303 e. The van der Waals surface area contributed by atoms with Gasteiger partial charge in [0.05, 0.1) is 23.5 Å². The zero-order valence-electron chi connectivity index (χ0n) is 16.3. The molecule has 0 fully saturated rings. The summed E-state index contributed by atoms with van der Waals surface area (Å²) in [7, 11) is 2.02. The Morgan fingerprint density at radius 3 is 2.66 bits per heavy atom. The van der Waals surface area contributed by atoms with Gasteiger partial charge in [-0.15, -0.1) is 11.8 Å². The number of hydrogen-bond acceptors (Lipinski definition) is 5. The second-order valence-electron chi connectivity index (χ2n) is 6.74. The number of thioether (sulfide) groups is 1. The molecule has 6 heteroatoms. The van der Waals surface area contributed by atoms with E-state index in [-0.39, 0.29) is 6.42 Å². The number of aliphatic carboxylic acids is 1. The van der Waals surface area contributed by atoms with Crippen LogP contribution in [0, 0.1) is 11.3 Å². The van der Waals surface area contributed by atoms with Crippen molar-refractivity contribution in [3.05, 3.63) is 60.4 Å². The normalized spacial score (nSPS) is 10.6. The first-order chi connectivity index (χ1) is 14.1. The number of pyridine rings is 1. The Morgan fingerprint density at radius 1 is 1.10 bits per heavy atom. The van der Waals surface area contributed by atoms with Crippen LogP contribution in [0.15, 0.2) is 59.8 Å². The highest BCUT2D eigenvalue weighted by Gasteiger charge is 2.14. The minimum Gasteiger partial charge on any atom is -0.481 e. The van der Waals surface area contributed by atoms with E-state index in [2.05, 4.69) is 16.0 Å². The van der Waals surface area contributed by atoms with Crippen molar-refractivity contribution in [2.45, 2.75) is 30.6 Å². The van der Waals surface area contributed by atoms with Gasteiger partial charge in [-0.05, 0) is 36.8 Å². The molecule has 0 unspecified atom stereocenters. The molecule has 1 heterocycles. The second-order valence-corrected chi connectivity index (χ2v) is 7.88. The molecule has 3 aromatic rings. The molecule has 0 bridgehead atoms. The first kappa shape index (κ1) is 20.7. The van der Waals surface area contributed by atoms with E-state index >= 15 is 0 Å². The molecule has 1 aromatic heterocycles. The van der Waals surface area contributed by atoms with Gasteiger partial charge in [0.2, 0.25) is 0 Å². The number of fused-ring (bicyclic) bond motifs is 1. The lowest BCUT2D eigenvalue weighted by Crippen LogP contribution is -2.11. The fraction of sp³-hybridized carbons (Fsp3) is 0.261. The molecule has 0 aliphatic heterocycles. The minimum absolute atomic E-state index is 0.236. The Bertz CT molecular complexity index is 1050. The monoisotopic (exact) mass is 405 g/mol. The molecule has 3 rings (SSSR count). The number of benzene rings is 2. The van der Waals surface area contributed by atoms with E-state index in [0.29, 0.717) is 5.56 Å². The van der Waals surface area contributed by atoms with Crippen molar-refractivity contribution in [1.29, 1.82) is 5.26 Å². The van der Waals surface area contributed by atoms with Crippen LogP contribution in [-0.4, -0.2) is 28.9 Å². The summed E-state index contributed by atoms with van der Waals surface area (Å²) < 4.78 is 0. The summed E-state index contributed by atoms with van der Waals surface area (Å²) in [6, 6.07) is 16.1. The van der Waals surface area contributed by atoms with Crippen LogP contribution in [0.3, 0.4) is 0 Å². The summed E-state index contributed by atoms with van der Waals surface area (Å²) in [5.41, 5.74) is 2.70. The fourth-order valence-corrected chi connectivity index (χ4v) is 4.35. The van der Waals surface area contributed by atoms with Crippen LogP contribution in [0.5, 0.6) is 0 Å². The molecule has 5 nitrogen and oxygen atoms in total.